The van der Waals surface area contributed by atoms with Crippen LogP contribution in [-0.4, -0.2) is 23.1 Å². The normalized spacial score (nSPS) is 22.8. The Morgan fingerprint density at radius 1 is 1.54 bits per heavy atom. The largest absolute Gasteiger partial charge is 0.506 e. The first-order chi connectivity index (χ1) is 6.15. The number of hydrogen-bond acceptors (Lipinski definition) is 2. The summed E-state index contributed by atoms with van der Waals surface area (Å²) in [6, 6.07) is 0. The van der Waals surface area contributed by atoms with E-state index >= 15 is 0 Å². The lowest BCUT2D eigenvalue weighted by molar-refractivity contribution is 0.204. The summed E-state index contributed by atoms with van der Waals surface area (Å²) in [5, 5.41) is 9.20. The second-order valence-electron chi connectivity index (χ2n) is 3.76. The van der Waals surface area contributed by atoms with Gasteiger partial charge >= 0.3 is 0 Å². The van der Waals surface area contributed by atoms with Gasteiger partial charge in [0.1, 0.15) is 5.76 Å². The van der Waals surface area contributed by atoms with E-state index in [-0.39, 0.29) is 5.76 Å². The molecule has 2 nitrogen and oxygen atoms in total. The summed E-state index contributed by atoms with van der Waals surface area (Å²) in [5.41, 5.74) is 0.693. The van der Waals surface area contributed by atoms with Crippen molar-refractivity contribution in [3.63, 3.8) is 0 Å². The van der Waals surface area contributed by atoms with Crippen molar-refractivity contribution >= 4 is 0 Å². The van der Waals surface area contributed by atoms with Crippen LogP contribution in [0.25, 0.3) is 0 Å². The molecule has 0 amide bonds. The highest BCUT2D eigenvalue weighted by molar-refractivity contribution is 5.17. The molecule has 0 unspecified atom stereocenters. The third-order valence-corrected chi connectivity index (χ3v) is 2.81. The summed E-state index contributed by atoms with van der Waals surface area (Å²) >= 11 is 0. The molecule has 1 saturated heterocycles. The van der Waals surface area contributed by atoms with Gasteiger partial charge in [-0.15, -0.1) is 0 Å². The monoisotopic (exact) mass is 181 g/mol. The van der Waals surface area contributed by atoms with Crippen molar-refractivity contribution in [3.8, 4) is 0 Å². The van der Waals surface area contributed by atoms with E-state index in [2.05, 4.69) is 25.0 Å². The quantitative estimate of drug-likeness (QED) is 0.534. The van der Waals surface area contributed by atoms with Crippen LogP contribution in [0.1, 0.15) is 26.2 Å². The van der Waals surface area contributed by atoms with Crippen LogP contribution >= 0.6 is 0 Å². The minimum atomic E-state index is 0.108. The number of nitrogens with zero attached hydrogens (tertiary/aromatic N) is 1. The number of aliphatic hydroxyl groups excluding tert-OH is 1. The highest BCUT2D eigenvalue weighted by atomic mass is 16.3. The topological polar surface area (TPSA) is 23.5 Å². The van der Waals surface area contributed by atoms with Crippen LogP contribution in [0.4, 0.5) is 0 Å². The zero-order valence-electron chi connectivity index (χ0n) is 8.42. The van der Waals surface area contributed by atoms with Crippen LogP contribution in [0.3, 0.4) is 0 Å². The second kappa shape index (κ2) is 4.35. The van der Waals surface area contributed by atoms with Gasteiger partial charge in [0, 0.05) is 13.1 Å². The van der Waals surface area contributed by atoms with Gasteiger partial charge in [-0.1, -0.05) is 26.5 Å². The number of piperidine rings is 1. The fraction of sp³-hybridized carbons (Fsp3) is 0.636. The van der Waals surface area contributed by atoms with E-state index in [0.717, 1.165) is 19.0 Å². The molecule has 1 atom stereocenters. The van der Waals surface area contributed by atoms with Crippen molar-refractivity contribution in [1.82, 2.24) is 4.90 Å². The molecule has 1 aliphatic rings. The lowest BCUT2D eigenvalue weighted by atomic mass is 9.95. The molecule has 13 heavy (non-hydrogen) atoms. The SMILES string of the molecule is C=C(O)C(=C)N1CCC[C@H](CC)C1. The highest BCUT2D eigenvalue weighted by Gasteiger charge is 2.19. The maximum Gasteiger partial charge on any atom is 0.131 e. The molecule has 2 heteroatoms. The Morgan fingerprint density at radius 3 is 2.77 bits per heavy atom. The van der Waals surface area contributed by atoms with Gasteiger partial charge in [-0.3, -0.25) is 0 Å². The number of rotatable bonds is 3. The molecule has 0 aromatic carbocycles. The number of aliphatic hydroxyl groups is 1. The van der Waals surface area contributed by atoms with Gasteiger partial charge in [0.2, 0.25) is 0 Å². The summed E-state index contributed by atoms with van der Waals surface area (Å²) in [6.45, 7) is 11.6. The number of hydrogen-bond donors (Lipinski definition) is 1. The third kappa shape index (κ3) is 2.51. The Balaban J connectivity index is 2.51. The predicted molar refractivity (Wildman–Crippen MR) is 55.5 cm³/mol. The molecule has 1 rings (SSSR count). The Hall–Kier alpha value is -0.920. The van der Waals surface area contributed by atoms with Crippen LogP contribution in [0.2, 0.25) is 0 Å². The summed E-state index contributed by atoms with van der Waals surface area (Å²) in [7, 11) is 0. The van der Waals surface area contributed by atoms with E-state index in [1.807, 2.05) is 0 Å². The molecule has 0 aromatic heterocycles. The Kier molecular flexibility index (Phi) is 3.40. The summed E-state index contributed by atoms with van der Waals surface area (Å²) in [6.07, 6.45) is 3.71. The zero-order valence-corrected chi connectivity index (χ0v) is 8.42. The van der Waals surface area contributed by atoms with Gasteiger partial charge in [0.15, 0.2) is 0 Å². The van der Waals surface area contributed by atoms with Crippen LogP contribution in [-0.2, 0) is 0 Å². The third-order valence-electron chi connectivity index (χ3n) is 2.81. The van der Waals surface area contributed by atoms with Gasteiger partial charge in [-0.05, 0) is 18.8 Å². The summed E-state index contributed by atoms with van der Waals surface area (Å²) in [5.74, 6) is 0.863. The fourth-order valence-corrected chi connectivity index (χ4v) is 1.83. The molecule has 1 heterocycles. The maximum absolute atomic E-state index is 9.20. The first-order valence-corrected chi connectivity index (χ1v) is 4.97. The Bertz CT molecular complexity index is 210. The van der Waals surface area contributed by atoms with Crippen LogP contribution < -0.4 is 0 Å². The smallest absolute Gasteiger partial charge is 0.131 e. The van der Waals surface area contributed by atoms with Crippen molar-refractivity contribution in [1.29, 1.82) is 0 Å². The average Bonchev–Trinajstić information content (AvgIpc) is 2.16. The van der Waals surface area contributed by atoms with E-state index in [0.29, 0.717) is 5.70 Å². The van der Waals surface area contributed by atoms with E-state index in [4.69, 9.17) is 0 Å². The molecule has 0 bridgehead atoms. The highest BCUT2D eigenvalue weighted by Crippen LogP contribution is 2.23. The van der Waals surface area contributed by atoms with E-state index in [9.17, 15) is 5.11 Å². The minimum absolute atomic E-state index is 0.108. The van der Waals surface area contributed by atoms with E-state index in [1.54, 1.807) is 0 Å². The molecule has 1 fully saturated rings. The number of likely N-dealkylation sites (tertiary alicyclic amines) is 1. The molecule has 0 aromatic rings. The summed E-state index contributed by atoms with van der Waals surface area (Å²) in [4.78, 5) is 2.14. The van der Waals surface area contributed by atoms with Crippen molar-refractivity contribution in [3.05, 3.63) is 24.6 Å². The summed E-state index contributed by atoms with van der Waals surface area (Å²) < 4.78 is 0. The molecular formula is C11H19NO. The lowest BCUT2D eigenvalue weighted by Gasteiger charge is -2.34. The molecule has 1 N–H and O–H groups in total. The fourth-order valence-electron chi connectivity index (χ4n) is 1.83. The first kappa shape index (κ1) is 10.2. The van der Waals surface area contributed by atoms with Crippen molar-refractivity contribution in [2.45, 2.75) is 26.2 Å². The van der Waals surface area contributed by atoms with Crippen molar-refractivity contribution in [2.24, 2.45) is 5.92 Å². The van der Waals surface area contributed by atoms with Gasteiger partial charge < -0.3 is 10.0 Å². The van der Waals surface area contributed by atoms with Crippen LogP contribution in [0.15, 0.2) is 24.6 Å². The van der Waals surface area contributed by atoms with Crippen LogP contribution in [0, 0.1) is 5.92 Å². The van der Waals surface area contributed by atoms with Crippen molar-refractivity contribution < 1.29 is 5.11 Å². The second-order valence-corrected chi connectivity index (χ2v) is 3.76. The van der Waals surface area contributed by atoms with Gasteiger partial charge in [-0.2, -0.15) is 0 Å². The first-order valence-electron chi connectivity index (χ1n) is 4.97. The Morgan fingerprint density at radius 2 is 2.23 bits per heavy atom. The zero-order chi connectivity index (χ0) is 9.84. The average molecular weight is 181 g/mol. The van der Waals surface area contributed by atoms with Crippen LogP contribution in [0.5, 0.6) is 0 Å². The molecule has 0 saturated carbocycles. The van der Waals surface area contributed by atoms with Gasteiger partial charge in [-0.25, -0.2) is 0 Å². The molecular weight excluding hydrogens is 162 g/mol. The van der Waals surface area contributed by atoms with Crippen molar-refractivity contribution in [2.75, 3.05) is 13.1 Å². The van der Waals surface area contributed by atoms with E-state index in [1.165, 1.54) is 19.3 Å². The molecule has 0 spiro atoms. The van der Waals surface area contributed by atoms with Gasteiger partial charge in [0.25, 0.3) is 0 Å². The Labute approximate surface area is 80.6 Å². The standard InChI is InChI=1S/C11H19NO/c1-4-11-6-5-7-12(8-11)9(2)10(3)13/h11,13H,2-8H2,1H3/t11-/m0/s1. The molecule has 0 radical (unpaired) electrons. The molecule has 0 aliphatic carbocycles. The lowest BCUT2D eigenvalue weighted by Crippen LogP contribution is -2.34. The predicted octanol–water partition coefficient (Wildman–Crippen LogP) is 2.69. The van der Waals surface area contributed by atoms with Gasteiger partial charge in [0.05, 0.1) is 5.70 Å². The molecule has 74 valence electrons. The maximum atomic E-state index is 9.20. The minimum Gasteiger partial charge on any atom is -0.506 e. The van der Waals surface area contributed by atoms with E-state index < -0.39 is 0 Å². The molecule has 1 aliphatic heterocycles.